The first-order valence-corrected chi connectivity index (χ1v) is 11.8. The zero-order valence-corrected chi connectivity index (χ0v) is 20.5. The summed E-state index contributed by atoms with van der Waals surface area (Å²) in [5.41, 5.74) is 0.851. The Labute approximate surface area is 197 Å². The molecule has 0 radical (unpaired) electrons. The van der Waals surface area contributed by atoms with Crippen molar-refractivity contribution in [1.29, 1.82) is 0 Å². The molecule has 33 heavy (non-hydrogen) atoms. The molecule has 3 amide bonds. The molecule has 8 heteroatoms. The molecule has 1 aromatic rings. The number of carbonyl (C=O) groups excluding carboxylic acids is 3. The lowest BCUT2D eigenvalue weighted by Crippen LogP contribution is -2.55. The van der Waals surface area contributed by atoms with E-state index in [1.807, 2.05) is 31.2 Å². The lowest BCUT2D eigenvalue weighted by Gasteiger charge is -2.35. The molecule has 0 saturated heterocycles. The molecule has 1 saturated carbocycles. The summed E-state index contributed by atoms with van der Waals surface area (Å²) in [6.07, 6.45) is 4.36. The fourth-order valence-electron chi connectivity index (χ4n) is 4.17. The van der Waals surface area contributed by atoms with E-state index < -0.39 is 36.3 Å². The van der Waals surface area contributed by atoms with Crippen LogP contribution in [0.4, 0.5) is 4.79 Å². The second-order valence-electron chi connectivity index (χ2n) is 9.61. The molecule has 3 N–H and O–H groups in total. The molecule has 0 heterocycles. The van der Waals surface area contributed by atoms with Crippen molar-refractivity contribution >= 4 is 17.9 Å². The highest BCUT2D eigenvalue weighted by atomic mass is 16.6. The predicted octanol–water partition coefficient (Wildman–Crippen LogP) is 3.22. The van der Waals surface area contributed by atoms with Gasteiger partial charge in [0.05, 0.1) is 6.61 Å². The van der Waals surface area contributed by atoms with E-state index in [0.29, 0.717) is 0 Å². The second-order valence-corrected chi connectivity index (χ2v) is 9.61. The van der Waals surface area contributed by atoms with Crippen LogP contribution in [0, 0.1) is 6.92 Å². The number of hydrogen-bond donors (Lipinski definition) is 3. The van der Waals surface area contributed by atoms with Gasteiger partial charge in [0.1, 0.15) is 17.7 Å². The summed E-state index contributed by atoms with van der Waals surface area (Å²) in [6.45, 7) is 8.43. The first-order valence-electron chi connectivity index (χ1n) is 11.8. The Kier molecular flexibility index (Phi) is 9.70. The fraction of sp³-hybridized carbons (Fsp3) is 0.640. The van der Waals surface area contributed by atoms with Crippen molar-refractivity contribution in [2.75, 3.05) is 13.2 Å². The van der Waals surface area contributed by atoms with Gasteiger partial charge in [-0.1, -0.05) is 43.5 Å². The molecule has 0 bridgehead atoms. The van der Waals surface area contributed by atoms with Crippen LogP contribution in [-0.2, 0) is 14.3 Å². The Balaban J connectivity index is 2.31. The zero-order chi connectivity index (χ0) is 24.6. The molecule has 1 fully saturated rings. The lowest BCUT2D eigenvalue weighted by atomic mass is 9.94. The quantitative estimate of drug-likeness (QED) is 0.551. The third-order valence-electron chi connectivity index (χ3n) is 5.79. The maximum Gasteiger partial charge on any atom is 0.408 e. The molecule has 0 aromatic heterocycles. The minimum Gasteiger partial charge on any atom is -0.444 e. The molecule has 1 aromatic carbocycles. The van der Waals surface area contributed by atoms with Crippen LogP contribution in [0.1, 0.15) is 77.0 Å². The highest BCUT2D eigenvalue weighted by Crippen LogP contribution is 2.27. The van der Waals surface area contributed by atoms with Gasteiger partial charge in [-0.2, -0.15) is 0 Å². The molecule has 184 valence electrons. The molecule has 2 unspecified atom stereocenters. The van der Waals surface area contributed by atoms with E-state index in [2.05, 4.69) is 10.6 Å². The molecule has 0 spiro atoms. The Morgan fingerprint density at radius 2 is 1.79 bits per heavy atom. The van der Waals surface area contributed by atoms with Crippen molar-refractivity contribution in [2.45, 2.75) is 90.4 Å². The minimum absolute atomic E-state index is 0.0834. The Bertz CT molecular complexity index is 815. The first kappa shape index (κ1) is 26.6. The van der Waals surface area contributed by atoms with Gasteiger partial charge < -0.3 is 25.4 Å². The minimum atomic E-state index is -1.23. The molecule has 0 aliphatic heterocycles. The Hall–Kier alpha value is -2.61. The maximum atomic E-state index is 13.5. The van der Waals surface area contributed by atoms with E-state index in [9.17, 15) is 19.5 Å². The number of ether oxygens (including phenoxy) is 1. The summed E-state index contributed by atoms with van der Waals surface area (Å²) in [5.74, 6) is -0.793. The number of alkyl carbamates (subject to hydrolysis) is 1. The second kappa shape index (κ2) is 12.0. The van der Waals surface area contributed by atoms with E-state index in [1.54, 1.807) is 27.7 Å². The summed E-state index contributed by atoms with van der Waals surface area (Å²) < 4.78 is 5.23. The predicted molar refractivity (Wildman–Crippen MR) is 127 cm³/mol. The van der Waals surface area contributed by atoms with Gasteiger partial charge in [-0.3, -0.25) is 9.59 Å². The first-order chi connectivity index (χ1) is 15.6. The van der Waals surface area contributed by atoms with Crippen molar-refractivity contribution in [2.24, 2.45) is 0 Å². The average molecular weight is 462 g/mol. The van der Waals surface area contributed by atoms with Crippen LogP contribution in [0.3, 0.4) is 0 Å². The lowest BCUT2D eigenvalue weighted by molar-refractivity contribution is -0.143. The Morgan fingerprint density at radius 3 is 2.33 bits per heavy atom. The number of amides is 3. The molecule has 8 nitrogen and oxygen atoms in total. The van der Waals surface area contributed by atoms with Crippen molar-refractivity contribution in [3.63, 3.8) is 0 Å². The summed E-state index contributed by atoms with van der Waals surface area (Å²) in [4.78, 5) is 40.6. The van der Waals surface area contributed by atoms with Gasteiger partial charge in [0, 0.05) is 12.6 Å². The number of nitrogens with zero attached hydrogens (tertiary/aromatic N) is 1. The van der Waals surface area contributed by atoms with E-state index in [4.69, 9.17) is 4.74 Å². The van der Waals surface area contributed by atoms with Gasteiger partial charge in [0.15, 0.2) is 0 Å². The zero-order valence-electron chi connectivity index (χ0n) is 20.5. The maximum absolute atomic E-state index is 13.5. The smallest absolute Gasteiger partial charge is 0.408 e. The van der Waals surface area contributed by atoms with Gasteiger partial charge in [0.25, 0.3) is 0 Å². The molecular weight excluding hydrogens is 422 g/mol. The van der Waals surface area contributed by atoms with Crippen molar-refractivity contribution < 1.29 is 24.2 Å². The van der Waals surface area contributed by atoms with Crippen LogP contribution in [-0.4, -0.2) is 58.8 Å². The van der Waals surface area contributed by atoms with Crippen LogP contribution >= 0.6 is 0 Å². The third-order valence-corrected chi connectivity index (χ3v) is 5.79. The van der Waals surface area contributed by atoms with Crippen molar-refractivity contribution in [1.82, 2.24) is 15.5 Å². The highest BCUT2D eigenvalue weighted by Gasteiger charge is 2.36. The van der Waals surface area contributed by atoms with Gasteiger partial charge in [-0.05, 0) is 58.6 Å². The van der Waals surface area contributed by atoms with E-state index in [-0.39, 0.29) is 18.5 Å². The Morgan fingerprint density at radius 1 is 1.15 bits per heavy atom. The summed E-state index contributed by atoms with van der Waals surface area (Å²) >= 11 is 0. The van der Waals surface area contributed by atoms with Crippen LogP contribution < -0.4 is 10.6 Å². The largest absolute Gasteiger partial charge is 0.444 e. The number of aliphatic hydroxyl groups is 1. The van der Waals surface area contributed by atoms with E-state index in [0.717, 1.165) is 36.8 Å². The van der Waals surface area contributed by atoms with Crippen LogP contribution in [0.2, 0.25) is 0 Å². The molecular formula is C25H39N3O5. The van der Waals surface area contributed by atoms with Gasteiger partial charge in [-0.15, -0.1) is 0 Å². The summed E-state index contributed by atoms with van der Waals surface area (Å²) in [5, 5.41) is 15.5. The van der Waals surface area contributed by atoms with Crippen molar-refractivity contribution in [3.05, 3.63) is 35.4 Å². The number of aryl methyl sites for hydroxylation is 1. The standard InChI is InChI=1S/C25H39N3O5/c1-6-28(23(31)20(16-29)27-24(32)33-25(3,4)5)21(19-15-11-10-12-17(19)2)22(30)26-18-13-8-7-9-14-18/h10-12,15,18,20-21,29H,6-9,13-14,16H2,1-5H3,(H,26,30)(H,27,32). The molecule has 1 aliphatic rings. The molecule has 2 atom stereocenters. The van der Waals surface area contributed by atoms with Gasteiger partial charge in [0.2, 0.25) is 11.8 Å². The topological polar surface area (TPSA) is 108 Å². The van der Waals surface area contributed by atoms with Crippen molar-refractivity contribution in [3.8, 4) is 0 Å². The third kappa shape index (κ3) is 7.74. The van der Waals surface area contributed by atoms with Gasteiger partial charge >= 0.3 is 6.09 Å². The highest BCUT2D eigenvalue weighted by molar-refractivity contribution is 5.92. The summed E-state index contributed by atoms with van der Waals surface area (Å²) in [7, 11) is 0. The van der Waals surface area contributed by atoms with E-state index in [1.165, 1.54) is 11.3 Å². The molecule has 2 rings (SSSR count). The number of likely N-dealkylation sites (N-methyl/N-ethyl adjacent to an activating group) is 1. The molecule has 1 aliphatic carbocycles. The fourth-order valence-corrected chi connectivity index (χ4v) is 4.17. The number of aliphatic hydroxyl groups excluding tert-OH is 1. The number of rotatable bonds is 8. The van der Waals surface area contributed by atoms with Crippen LogP contribution in [0.25, 0.3) is 0 Å². The number of benzene rings is 1. The number of hydrogen-bond acceptors (Lipinski definition) is 5. The SMILES string of the molecule is CCN(C(=O)C(CO)NC(=O)OC(C)(C)C)C(C(=O)NC1CCCCC1)c1ccccc1C. The van der Waals surface area contributed by atoms with E-state index >= 15 is 0 Å². The van der Waals surface area contributed by atoms with Gasteiger partial charge in [-0.25, -0.2) is 4.79 Å². The monoisotopic (exact) mass is 461 g/mol. The average Bonchev–Trinajstić information content (AvgIpc) is 2.75. The number of carbonyl (C=O) groups is 3. The van der Waals surface area contributed by atoms with Crippen LogP contribution in [0.5, 0.6) is 0 Å². The van der Waals surface area contributed by atoms with Crippen LogP contribution in [0.15, 0.2) is 24.3 Å². The normalized spacial score (nSPS) is 16.4. The number of nitrogens with one attached hydrogen (secondary N) is 2. The summed E-state index contributed by atoms with van der Waals surface area (Å²) in [6, 6.07) is 5.44.